The Hall–Kier alpha value is -0.760. The van der Waals surface area contributed by atoms with Crippen molar-refractivity contribution in [3.8, 4) is 6.07 Å². The third-order valence-corrected chi connectivity index (χ3v) is 2.09. The maximum atomic E-state index is 8.63. The highest BCUT2D eigenvalue weighted by molar-refractivity contribution is 14.1. The minimum absolute atomic E-state index is 0.564. The van der Waals surface area contributed by atoms with Gasteiger partial charge < -0.3 is 5.73 Å². The molecule has 0 aromatic heterocycles. The first-order chi connectivity index (χ1) is 5.15. The van der Waals surface area contributed by atoms with Crippen LogP contribution in [0.15, 0.2) is 12.1 Å². The topological polar surface area (TPSA) is 49.8 Å². The average molecular weight is 258 g/mol. The lowest BCUT2D eigenvalue weighted by molar-refractivity contribution is 1.40. The number of nitrogens with two attached hydrogens (primary N) is 1. The van der Waals surface area contributed by atoms with Crippen molar-refractivity contribution >= 4 is 28.3 Å². The molecule has 0 radical (unpaired) electrons. The summed E-state index contributed by atoms with van der Waals surface area (Å²) in [4.78, 5) is 0. The Balaban J connectivity index is 3.39. The molecule has 1 aromatic rings. The Morgan fingerprint density at radius 2 is 2.18 bits per heavy atom. The van der Waals surface area contributed by atoms with E-state index >= 15 is 0 Å². The van der Waals surface area contributed by atoms with Crippen molar-refractivity contribution in [3.05, 3.63) is 26.8 Å². The molecule has 2 nitrogen and oxygen atoms in total. The van der Waals surface area contributed by atoms with Crippen LogP contribution >= 0.6 is 22.6 Å². The summed E-state index contributed by atoms with van der Waals surface area (Å²) in [7, 11) is 0. The number of hydrogen-bond acceptors (Lipinski definition) is 2. The molecule has 0 saturated carbocycles. The van der Waals surface area contributed by atoms with Crippen LogP contribution in [0, 0.1) is 21.8 Å². The maximum absolute atomic E-state index is 8.63. The molecular weight excluding hydrogens is 251 g/mol. The quantitative estimate of drug-likeness (QED) is 0.572. The first-order valence-corrected chi connectivity index (χ1v) is 4.18. The SMILES string of the molecule is Cc1cc(I)cc(C#N)c1N. The number of nitrogen functional groups attached to an aromatic ring is 1. The van der Waals surface area contributed by atoms with Gasteiger partial charge in [0.25, 0.3) is 0 Å². The van der Waals surface area contributed by atoms with Gasteiger partial charge in [-0.3, -0.25) is 0 Å². The minimum Gasteiger partial charge on any atom is -0.397 e. The summed E-state index contributed by atoms with van der Waals surface area (Å²) in [6.07, 6.45) is 0. The third-order valence-electron chi connectivity index (χ3n) is 1.47. The van der Waals surface area contributed by atoms with Gasteiger partial charge in [0.2, 0.25) is 0 Å². The molecule has 0 amide bonds. The van der Waals surface area contributed by atoms with Crippen LogP contribution in [0.3, 0.4) is 0 Å². The number of nitrogens with zero attached hydrogens (tertiary/aromatic N) is 1. The summed E-state index contributed by atoms with van der Waals surface area (Å²) in [5, 5.41) is 8.63. The first kappa shape index (κ1) is 8.34. The number of rotatable bonds is 0. The van der Waals surface area contributed by atoms with E-state index in [1.165, 1.54) is 0 Å². The van der Waals surface area contributed by atoms with Gasteiger partial charge in [0.05, 0.1) is 11.3 Å². The van der Waals surface area contributed by atoms with Gasteiger partial charge in [-0.1, -0.05) is 0 Å². The molecule has 0 aliphatic rings. The fourth-order valence-corrected chi connectivity index (χ4v) is 1.63. The van der Waals surface area contributed by atoms with E-state index in [1.807, 2.05) is 19.1 Å². The molecule has 56 valence electrons. The molecule has 0 saturated heterocycles. The standard InChI is InChI=1S/C8H7IN2/c1-5-2-7(9)3-6(4-10)8(5)11/h2-3H,11H2,1H3. The zero-order valence-corrected chi connectivity index (χ0v) is 8.21. The van der Waals surface area contributed by atoms with E-state index < -0.39 is 0 Å². The predicted octanol–water partition coefficient (Wildman–Crippen LogP) is 2.05. The van der Waals surface area contributed by atoms with Gasteiger partial charge in [0.1, 0.15) is 6.07 Å². The molecule has 0 bridgehead atoms. The number of anilines is 1. The van der Waals surface area contributed by atoms with Crippen molar-refractivity contribution in [1.82, 2.24) is 0 Å². The molecule has 0 atom stereocenters. The van der Waals surface area contributed by atoms with E-state index in [1.54, 1.807) is 6.07 Å². The van der Waals surface area contributed by atoms with Crippen LogP contribution in [0.2, 0.25) is 0 Å². The lowest BCUT2D eigenvalue weighted by Crippen LogP contribution is -1.94. The van der Waals surface area contributed by atoms with Gasteiger partial charge in [-0.05, 0) is 47.2 Å². The lowest BCUT2D eigenvalue weighted by atomic mass is 10.1. The lowest BCUT2D eigenvalue weighted by Gasteiger charge is -2.01. The van der Waals surface area contributed by atoms with Crippen LogP contribution in [0.4, 0.5) is 5.69 Å². The molecule has 1 rings (SSSR count). The molecule has 0 heterocycles. The van der Waals surface area contributed by atoms with E-state index in [9.17, 15) is 0 Å². The van der Waals surface area contributed by atoms with Gasteiger partial charge in [-0.25, -0.2) is 0 Å². The van der Waals surface area contributed by atoms with Crippen LogP contribution in [0.5, 0.6) is 0 Å². The minimum atomic E-state index is 0.564. The predicted molar refractivity (Wildman–Crippen MR) is 53.0 cm³/mol. The summed E-state index contributed by atoms with van der Waals surface area (Å²) >= 11 is 2.16. The Labute approximate surface area is 79.2 Å². The maximum Gasteiger partial charge on any atom is 0.101 e. The van der Waals surface area contributed by atoms with Gasteiger partial charge in [-0.15, -0.1) is 0 Å². The number of nitriles is 1. The molecule has 0 unspecified atom stereocenters. The second-order valence-electron chi connectivity index (χ2n) is 2.30. The smallest absolute Gasteiger partial charge is 0.101 e. The second kappa shape index (κ2) is 3.09. The van der Waals surface area contributed by atoms with Gasteiger partial charge in [0, 0.05) is 3.57 Å². The number of aryl methyl sites for hydroxylation is 1. The number of halogens is 1. The molecule has 2 N–H and O–H groups in total. The first-order valence-electron chi connectivity index (χ1n) is 3.11. The number of hydrogen-bond donors (Lipinski definition) is 1. The molecule has 0 spiro atoms. The average Bonchev–Trinajstić information content (AvgIpc) is 1.96. The highest BCUT2D eigenvalue weighted by atomic mass is 127. The van der Waals surface area contributed by atoms with Crippen LogP contribution in [-0.2, 0) is 0 Å². The molecule has 0 aliphatic heterocycles. The van der Waals surface area contributed by atoms with Crippen molar-refractivity contribution in [2.24, 2.45) is 0 Å². The van der Waals surface area contributed by atoms with Crippen molar-refractivity contribution in [2.75, 3.05) is 5.73 Å². The van der Waals surface area contributed by atoms with Crippen LogP contribution in [-0.4, -0.2) is 0 Å². The zero-order valence-electron chi connectivity index (χ0n) is 6.06. The van der Waals surface area contributed by atoms with Gasteiger partial charge in [-0.2, -0.15) is 5.26 Å². The van der Waals surface area contributed by atoms with Crippen LogP contribution in [0.1, 0.15) is 11.1 Å². The van der Waals surface area contributed by atoms with Crippen LogP contribution < -0.4 is 5.73 Å². The monoisotopic (exact) mass is 258 g/mol. The largest absolute Gasteiger partial charge is 0.397 e. The fraction of sp³-hybridized carbons (Fsp3) is 0.125. The molecular formula is C8H7IN2. The summed E-state index contributed by atoms with van der Waals surface area (Å²) in [6.45, 7) is 1.90. The Kier molecular flexibility index (Phi) is 2.35. The molecule has 3 heteroatoms. The molecule has 0 fully saturated rings. The molecule has 0 aliphatic carbocycles. The van der Waals surface area contributed by atoms with E-state index in [0.29, 0.717) is 11.3 Å². The van der Waals surface area contributed by atoms with Crippen molar-refractivity contribution < 1.29 is 0 Å². The van der Waals surface area contributed by atoms with Crippen LogP contribution in [0.25, 0.3) is 0 Å². The third kappa shape index (κ3) is 1.63. The Morgan fingerprint density at radius 1 is 1.55 bits per heavy atom. The van der Waals surface area contributed by atoms with E-state index in [2.05, 4.69) is 22.6 Å². The Bertz CT molecular complexity index is 326. The summed E-state index contributed by atoms with van der Waals surface area (Å²) in [5.74, 6) is 0. The highest BCUT2D eigenvalue weighted by Gasteiger charge is 2.01. The van der Waals surface area contributed by atoms with E-state index in [-0.39, 0.29) is 0 Å². The van der Waals surface area contributed by atoms with Crippen molar-refractivity contribution in [3.63, 3.8) is 0 Å². The molecule has 11 heavy (non-hydrogen) atoms. The summed E-state index contributed by atoms with van der Waals surface area (Å²) < 4.78 is 1.05. The van der Waals surface area contributed by atoms with E-state index in [4.69, 9.17) is 11.0 Å². The zero-order chi connectivity index (χ0) is 8.43. The van der Waals surface area contributed by atoms with Crippen molar-refractivity contribution in [1.29, 1.82) is 5.26 Å². The van der Waals surface area contributed by atoms with Gasteiger partial charge in [0.15, 0.2) is 0 Å². The normalized spacial score (nSPS) is 9.18. The Morgan fingerprint density at radius 3 is 2.73 bits per heavy atom. The van der Waals surface area contributed by atoms with Gasteiger partial charge >= 0.3 is 0 Å². The second-order valence-corrected chi connectivity index (χ2v) is 3.54. The fourth-order valence-electron chi connectivity index (χ4n) is 0.847. The number of benzene rings is 1. The van der Waals surface area contributed by atoms with E-state index in [0.717, 1.165) is 9.13 Å². The highest BCUT2D eigenvalue weighted by Crippen LogP contribution is 2.19. The van der Waals surface area contributed by atoms with Crippen molar-refractivity contribution in [2.45, 2.75) is 6.92 Å². The summed E-state index contributed by atoms with van der Waals surface area (Å²) in [5.41, 5.74) is 7.76. The summed E-state index contributed by atoms with van der Waals surface area (Å²) in [6, 6.07) is 5.78. The molecule has 1 aromatic carbocycles.